The highest BCUT2D eigenvalue weighted by molar-refractivity contribution is 7.89. The molecule has 0 aliphatic carbocycles. The first-order chi connectivity index (χ1) is 10.1. The maximum atomic E-state index is 12.0. The van der Waals surface area contributed by atoms with Crippen molar-refractivity contribution in [1.29, 1.82) is 0 Å². The minimum atomic E-state index is -4.42. The van der Waals surface area contributed by atoms with Crippen molar-refractivity contribution in [2.45, 2.75) is 23.9 Å². The topological polar surface area (TPSA) is 101 Å². The number of amides is 1. The number of rotatable bonds is 7. The molecule has 1 aromatic carbocycles. The number of sulfonamides is 1. The van der Waals surface area contributed by atoms with E-state index in [1.807, 2.05) is 0 Å². The molecule has 10 heteroatoms. The lowest BCUT2D eigenvalue weighted by Crippen LogP contribution is -2.29. The van der Waals surface area contributed by atoms with E-state index in [0.717, 1.165) is 6.07 Å². The van der Waals surface area contributed by atoms with Gasteiger partial charge in [-0.15, -0.1) is 0 Å². The van der Waals surface area contributed by atoms with E-state index >= 15 is 0 Å². The van der Waals surface area contributed by atoms with Crippen molar-refractivity contribution in [3.05, 3.63) is 24.3 Å². The van der Waals surface area contributed by atoms with Crippen LogP contribution in [-0.2, 0) is 14.8 Å². The van der Waals surface area contributed by atoms with E-state index in [1.165, 1.54) is 18.2 Å². The number of benzene rings is 1. The number of nitrogens with one attached hydrogen (secondary N) is 2. The number of hydrogen-bond acceptors (Lipinski definition) is 4. The van der Waals surface area contributed by atoms with E-state index in [9.17, 15) is 26.4 Å². The molecule has 0 spiro atoms. The summed E-state index contributed by atoms with van der Waals surface area (Å²) in [5, 5.41) is 2.23. The molecule has 1 aromatic rings. The molecule has 0 heterocycles. The largest absolute Gasteiger partial charge is 0.389 e. The van der Waals surface area contributed by atoms with Crippen LogP contribution in [0.2, 0.25) is 0 Å². The Morgan fingerprint density at radius 1 is 1.27 bits per heavy atom. The summed E-state index contributed by atoms with van der Waals surface area (Å²) >= 11 is 0. The van der Waals surface area contributed by atoms with Crippen LogP contribution in [0.3, 0.4) is 0 Å². The highest BCUT2D eigenvalue weighted by Crippen LogP contribution is 2.22. The molecule has 22 heavy (non-hydrogen) atoms. The standard InChI is InChI=1S/C12H16F3N3O3S/c13-12(14,15)5-4-11(19)18-9-2-1-3-10(8-9)22(20,21)17-7-6-16/h1-3,8,17H,4-7,16H2,(H,18,19). The van der Waals surface area contributed by atoms with E-state index in [1.54, 1.807) is 0 Å². The van der Waals surface area contributed by atoms with Crippen molar-refractivity contribution in [2.24, 2.45) is 5.73 Å². The quantitative estimate of drug-likeness (QED) is 0.695. The van der Waals surface area contributed by atoms with Crippen LogP contribution in [0.4, 0.5) is 18.9 Å². The Morgan fingerprint density at radius 2 is 1.95 bits per heavy atom. The number of halogens is 3. The van der Waals surface area contributed by atoms with Crippen molar-refractivity contribution >= 4 is 21.6 Å². The highest BCUT2D eigenvalue weighted by atomic mass is 32.2. The molecular formula is C12H16F3N3O3S. The summed E-state index contributed by atoms with van der Waals surface area (Å²) in [5.74, 6) is -0.846. The van der Waals surface area contributed by atoms with Gasteiger partial charge in [0.1, 0.15) is 0 Å². The van der Waals surface area contributed by atoms with Gasteiger partial charge in [-0.1, -0.05) is 6.07 Å². The molecule has 6 nitrogen and oxygen atoms in total. The minimum Gasteiger partial charge on any atom is -0.329 e. The molecule has 1 amide bonds. The second kappa shape index (κ2) is 7.56. The first-order valence-electron chi connectivity index (χ1n) is 6.30. The fraction of sp³-hybridized carbons (Fsp3) is 0.417. The number of alkyl halides is 3. The lowest BCUT2D eigenvalue weighted by atomic mass is 10.2. The first kappa shape index (κ1) is 18.4. The summed E-state index contributed by atoms with van der Waals surface area (Å²) in [7, 11) is -3.78. The Kier molecular flexibility index (Phi) is 6.33. The van der Waals surface area contributed by atoms with Crippen LogP contribution in [0, 0.1) is 0 Å². The third-order valence-corrected chi connectivity index (χ3v) is 3.96. The maximum absolute atomic E-state index is 12.0. The van der Waals surface area contributed by atoms with Crippen LogP contribution >= 0.6 is 0 Å². The number of carbonyl (C=O) groups excluding carboxylic acids is 1. The number of anilines is 1. The molecule has 0 saturated carbocycles. The SMILES string of the molecule is NCCNS(=O)(=O)c1cccc(NC(=O)CCC(F)(F)F)c1. The molecule has 0 bridgehead atoms. The van der Waals surface area contributed by atoms with Gasteiger partial charge in [-0.05, 0) is 18.2 Å². The Morgan fingerprint density at radius 3 is 2.55 bits per heavy atom. The van der Waals surface area contributed by atoms with Gasteiger partial charge >= 0.3 is 6.18 Å². The van der Waals surface area contributed by atoms with Gasteiger partial charge in [0.15, 0.2) is 0 Å². The normalized spacial score (nSPS) is 12.2. The van der Waals surface area contributed by atoms with E-state index in [-0.39, 0.29) is 23.7 Å². The Labute approximate surface area is 125 Å². The average molecular weight is 339 g/mol. The molecule has 0 atom stereocenters. The molecule has 0 unspecified atom stereocenters. The van der Waals surface area contributed by atoms with E-state index in [4.69, 9.17) is 5.73 Å². The zero-order valence-corrected chi connectivity index (χ0v) is 12.3. The second-order valence-corrected chi connectivity index (χ2v) is 6.14. The molecule has 0 aliphatic rings. The average Bonchev–Trinajstić information content (AvgIpc) is 2.43. The second-order valence-electron chi connectivity index (χ2n) is 4.38. The molecule has 0 aliphatic heterocycles. The summed E-state index contributed by atoms with van der Waals surface area (Å²) < 4.78 is 62.0. The maximum Gasteiger partial charge on any atom is 0.389 e. The highest BCUT2D eigenvalue weighted by Gasteiger charge is 2.27. The Hall–Kier alpha value is -1.65. The molecule has 4 N–H and O–H groups in total. The van der Waals surface area contributed by atoms with Crippen LogP contribution in [0.25, 0.3) is 0 Å². The Bertz CT molecular complexity index is 618. The van der Waals surface area contributed by atoms with Gasteiger partial charge < -0.3 is 11.1 Å². The lowest BCUT2D eigenvalue weighted by Gasteiger charge is -2.10. The van der Waals surface area contributed by atoms with Gasteiger partial charge in [-0.25, -0.2) is 13.1 Å². The third kappa shape index (κ3) is 6.41. The van der Waals surface area contributed by atoms with Crippen molar-refractivity contribution in [3.8, 4) is 0 Å². The summed E-state index contributed by atoms with van der Waals surface area (Å²) in [6.45, 7) is 0.164. The summed E-state index contributed by atoms with van der Waals surface area (Å²) in [6.07, 6.45) is -6.39. The summed E-state index contributed by atoms with van der Waals surface area (Å²) in [6, 6.07) is 5.21. The fourth-order valence-corrected chi connectivity index (χ4v) is 2.59. The van der Waals surface area contributed by atoms with Crippen LogP contribution in [0.5, 0.6) is 0 Å². The molecule has 0 aromatic heterocycles. The van der Waals surface area contributed by atoms with Crippen molar-refractivity contribution in [1.82, 2.24) is 4.72 Å². The predicted octanol–water partition coefficient (Wildman–Crippen LogP) is 1.20. The van der Waals surface area contributed by atoms with Gasteiger partial charge in [0, 0.05) is 25.2 Å². The van der Waals surface area contributed by atoms with E-state index < -0.39 is 34.9 Å². The molecular weight excluding hydrogens is 323 g/mol. The van der Waals surface area contributed by atoms with E-state index in [0.29, 0.717) is 0 Å². The van der Waals surface area contributed by atoms with Crippen molar-refractivity contribution < 1.29 is 26.4 Å². The third-order valence-electron chi connectivity index (χ3n) is 2.50. The minimum absolute atomic E-state index is 0.0461. The zero-order valence-electron chi connectivity index (χ0n) is 11.5. The first-order valence-corrected chi connectivity index (χ1v) is 7.79. The van der Waals surface area contributed by atoms with Crippen LogP contribution < -0.4 is 15.8 Å². The van der Waals surface area contributed by atoms with Gasteiger partial charge in [-0.2, -0.15) is 13.2 Å². The van der Waals surface area contributed by atoms with Gasteiger partial charge in [0.05, 0.1) is 11.3 Å². The van der Waals surface area contributed by atoms with Gasteiger partial charge in [0.25, 0.3) is 0 Å². The van der Waals surface area contributed by atoms with Crippen LogP contribution in [0.1, 0.15) is 12.8 Å². The number of carbonyl (C=O) groups is 1. The van der Waals surface area contributed by atoms with Crippen molar-refractivity contribution in [3.63, 3.8) is 0 Å². The fourth-order valence-electron chi connectivity index (χ4n) is 1.50. The van der Waals surface area contributed by atoms with Gasteiger partial charge in [-0.3, -0.25) is 4.79 Å². The summed E-state index contributed by atoms with van der Waals surface area (Å²) in [5.41, 5.74) is 5.30. The molecule has 0 radical (unpaired) electrons. The number of nitrogens with two attached hydrogens (primary N) is 1. The summed E-state index contributed by atoms with van der Waals surface area (Å²) in [4.78, 5) is 11.3. The van der Waals surface area contributed by atoms with E-state index in [2.05, 4.69) is 10.0 Å². The van der Waals surface area contributed by atoms with Crippen LogP contribution in [-0.4, -0.2) is 33.6 Å². The van der Waals surface area contributed by atoms with Crippen molar-refractivity contribution in [2.75, 3.05) is 18.4 Å². The zero-order chi connectivity index (χ0) is 16.8. The monoisotopic (exact) mass is 339 g/mol. The lowest BCUT2D eigenvalue weighted by molar-refractivity contribution is -0.142. The van der Waals surface area contributed by atoms with Gasteiger partial charge in [0.2, 0.25) is 15.9 Å². The van der Waals surface area contributed by atoms with Crippen LogP contribution in [0.15, 0.2) is 29.2 Å². The molecule has 0 fully saturated rings. The predicted molar refractivity (Wildman–Crippen MR) is 74.6 cm³/mol. The molecule has 1 rings (SSSR count). The molecule has 0 saturated heterocycles. The number of hydrogen-bond donors (Lipinski definition) is 3. The smallest absolute Gasteiger partial charge is 0.329 e. The molecule has 124 valence electrons. The Balaban J connectivity index is 2.74.